The van der Waals surface area contributed by atoms with Crippen molar-refractivity contribution in [2.45, 2.75) is 0 Å². The molecule has 0 saturated heterocycles. The van der Waals surface area contributed by atoms with Crippen LogP contribution < -0.4 is 0 Å². The Kier molecular flexibility index (Phi) is 1.39. The van der Waals surface area contributed by atoms with Gasteiger partial charge in [-0.15, -0.1) is 0 Å². The molecule has 0 aliphatic rings. The largest absolute Gasteiger partial charge is 0.455 e. The van der Waals surface area contributed by atoms with Crippen LogP contribution in [0.2, 0.25) is 0 Å². The lowest BCUT2D eigenvalue weighted by Gasteiger charge is -1.97. The van der Waals surface area contributed by atoms with Crippen molar-refractivity contribution in [3.05, 3.63) is 59.0 Å². The predicted octanol–water partition coefficient (Wildman–Crippen LogP) is 5.50. The van der Waals surface area contributed by atoms with Gasteiger partial charge in [0.1, 0.15) is 11.2 Å². The lowest BCUT2D eigenvalue weighted by Crippen LogP contribution is -1.73. The second kappa shape index (κ2) is 3.59. The summed E-state index contributed by atoms with van der Waals surface area (Å²) in [5, 5.41) is 2.63. The summed E-state index contributed by atoms with van der Waals surface area (Å²) >= 11 is 3.51. The van der Waals surface area contributed by atoms with Crippen molar-refractivity contribution >= 4 is 48.6 Å². The molecule has 1 heterocycles. The second-order valence-electron chi connectivity index (χ2n) is 4.08. The van der Waals surface area contributed by atoms with Crippen LogP contribution in [0.25, 0.3) is 32.7 Å². The zero-order valence-electron chi connectivity index (χ0n) is 13.2. The maximum atomic E-state index is 8.17. The average molecular weight is 301 g/mol. The lowest BCUT2D eigenvalue weighted by atomic mass is 10.1. The lowest BCUT2D eigenvalue weighted by molar-refractivity contribution is 0.672. The standard InChI is InChI=1S/C16H9BrO/c17-13-6-3-7-14-15(13)12-9-8-10-4-1-2-5-11(10)16(12)18-14/h1-9H/i1D,2D,4D,5D. The molecule has 3 aromatic carbocycles. The van der Waals surface area contributed by atoms with Gasteiger partial charge in [0.25, 0.3) is 0 Å². The predicted molar refractivity (Wildman–Crippen MR) is 78.9 cm³/mol. The first-order valence-electron chi connectivity index (χ1n) is 7.50. The van der Waals surface area contributed by atoms with E-state index in [2.05, 4.69) is 15.9 Å². The topological polar surface area (TPSA) is 13.1 Å². The Morgan fingerprint density at radius 3 is 2.83 bits per heavy atom. The van der Waals surface area contributed by atoms with Crippen LogP contribution in [0.5, 0.6) is 0 Å². The third-order valence-corrected chi connectivity index (χ3v) is 3.72. The third-order valence-electron chi connectivity index (χ3n) is 3.06. The third kappa shape index (κ3) is 1.27. The second-order valence-corrected chi connectivity index (χ2v) is 4.93. The van der Waals surface area contributed by atoms with Crippen molar-refractivity contribution in [1.82, 2.24) is 0 Å². The summed E-state index contributed by atoms with van der Waals surface area (Å²) in [4.78, 5) is 0. The Balaban J connectivity index is 2.35. The summed E-state index contributed by atoms with van der Waals surface area (Å²) in [6.07, 6.45) is 0. The number of hydrogen-bond donors (Lipinski definition) is 0. The highest BCUT2D eigenvalue weighted by molar-refractivity contribution is 9.10. The van der Waals surface area contributed by atoms with E-state index in [1.54, 1.807) is 6.07 Å². The van der Waals surface area contributed by atoms with Gasteiger partial charge in [-0.1, -0.05) is 52.2 Å². The Hall–Kier alpha value is -1.80. The minimum absolute atomic E-state index is 0.0441. The summed E-state index contributed by atoms with van der Waals surface area (Å²) in [5.74, 6) is 0. The summed E-state index contributed by atoms with van der Waals surface area (Å²) in [7, 11) is 0. The molecule has 86 valence electrons. The highest BCUT2D eigenvalue weighted by atomic mass is 79.9. The molecule has 0 N–H and O–H groups in total. The van der Waals surface area contributed by atoms with Crippen LogP contribution in [0.1, 0.15) is 5.48 Å². The van der Waals surface area contributed by atoms with Gasteiger partial charge < -0.3 is 4.42 Å². The monoisotopic (exact) mass is 300 g/mol. The normalized spacial score (nSPS) is 14.7. The van der Waals surface area contributed by atoms with Crippen molar-refractivity contribution in [3.63, 3.8) is 0 Å². The Morgan fingerprint density at radius 2 is 1.89 bits per heavy atom. The maximum Gasteiger partial charge on any atom is 0.143 e. The molecule has 1 aromatic heterocycles. The van der Waals surface area contributed by atoms with Crippen LogP contribution in [-0.4, -0.2) is 0 Å². The average Bonchev–Trinajstić information content (AvgIpc) is 2.89. The van der Waals surface area contributed by atoms with Crippen molar-refractivity contribution in [1.29, 1.82) is 0 Å². The number of furan rings is 1. The van der Waals surface area contributed by atoms with Crippen molar-refractivity contribution in [2.75, 3.05) is 0 Å². The first kappa shape index (κ1) is 6.95. The first-order valence-corrected chi connectivity index (χ1v) is 6.29. The molecule has 2 heteroatoms. The number of halogens is 1. The Morgan fingerprint density at radius 1 is 1.00 bits per heavy atom. The summed E-state index contributed by atoms with van der Waals surface area (Å²) in [6, 6.07) is 8.61. The van der Waals surface area contributed by atoms with Gasteiger partial charge in [-0.25, -0.2) is 0 Å². The zero-order chi connectivity index (χ0) is 15.6. The van der Waals surface area contributed by atoms with Crippen LogP contribution in [0.3, 0.4) is 0 Å². The van der Waals surface area contributed by atoms with Crippen molar-refractivity contribution in [3.8, 4) is 0 Å². The van der Waals surface area contributed by atoms with E-state index in [-0.39, 0.29) is 24.2 Å². The number of benzene rings is 3. The molecular weight excluding hydrogens is 288 g/mol. The summed E-state index contributed by atoms with van der Waals surface area (Å²) in [6.45, 7) is 0. The highest BCUT2D eigenvalue weighted by Crippen LogP contribution is 2.37. The van der Waals surface area contributed by atoms with Crippen LogP contribution in [-0.2, 0) is 0 Å². The van der Waals surface area contributed by atoms with E-state index in [1.807, 2.05) is 24.3 Å². The van der Waals surface area contributed by atoms with Crippen LogP contribution in [0.15, 0.2) is 63.4 Å². The van der Waals surface area contributed by atoms with Gasteiger partial charge in [-0.05, 0) is 23.6 Å². The van der Waals surface area contributed by atoms with Gasteiger partial charge in [-0.2, -0.15) is 0 Å². The minimum atomic E-state index is -0.246. The molecule has 0 radical (unpaired) electrons. The maximum absolute atomic E-state index is 8.17. The number of hydrogen-bond acceptors (Lipinski definition) is 1. The van der Waals surface area contributed by atoms with Crippen LogP contribution >= 0.6 is 15.9 Å². The van der Waals surface area contributed by atoms with Gasteiger partial charge in [0, 0.05) is 20.6 Å². The van der Waals surface area contributed by atoms with E-state index >= 15 is 0 Å². The molecule has 1 nitrogen and oxygen atoms in total. The fraction of sp³-hybridized carbons (Fsp3) is 0. The smallest absolute Gasteiger partial charge is 0.143 e. The van der Waals surface area contributed by atoms with E-state index in [9.17, 15) is 0 Å². The molecule has 0 atom stereocenters. The molecule has 0 fully saturated rings. The molecule has 0 spiro atoms. The van der Waals surface area contributed by atoms with Gasteiger partial charge in [0.2, 0.25) is 0 Å². The van der Waals surface area contributed by atoms with E-state index < -0.39 is 0 Å². The zero-order valence-corrected chi connectivity index (χ0v) is 10.8. The summed E-state index contributed by atoms with van der Waals surface area (Å²) < 4.78 is 38.7. The van der Waals surface area contributed by atoms with Crippen molar-refractivity contribution < 1.29 is 9.90 Å². The van der Waals surface area contributed by atoms with Crippen LogP contribution in [0, 0.1) is 0 Å². The van der Waals surface area contributed by atoms with E-state index in [0.717, 1.165) is 15.2 Å². The minimum Gasteiger partial charge on any atom is -0.455 e. The highest BCUT2D eigenvalue weighted by Gasteiger charge is 2.11. The first-order chi connectivity index (χ1) is 10.5. The molecule has 0 saturated carbocycles. The molecule has 0 bridgehead atoms. The van der Waals surface area contributed by atoms with E-state index in [4.69, 9.17) is 9.90 Å². The Bertz CT molecular complexity index is 1080. The summed E-state index contributed by atoms with van der Waals surface area (Å²) in [5.41, 5.74) is 1.18. The Labute approximate surface area is 118 Å². The van der Waals surface area contributed by atoms with Gasteiger partial charge in [0.15, 0.2) is 0 Å². The van der Waals surface area contributed by atoms with Gasteiger partial charge >= 0.3 is 0 Å². The van der Waals surface area contributed by atoms with Crippen molar-refractivity contribution in [2.24, 2.45) is 0 Å². The molecule has 0 amide bonds. The van der Waals surface area contributed by atoms with E-state index in [0.29, 0.717) is 21.9 Å². The van der Waals surface area contributed by atoms with E-state index in [1.165, 1.54) is 0 Å². The quantitative estimate of drug-likeness (QED) is 0.418. The van der Waals surface area contributed by atoms with Gasteiger partial charge in [0.05, 0.1) is 5.48 Å². The molecular formula is C16H9BrO. The SMILES string of the molecule is [2H]c1c([2H])c([2H])c2c(ccc3c2oc2cccc(Br)c23)c1[2H]. The van der Waals surface area contributed by atoms with Crippen LogP contribution in [0.4, 0.5) is 0 Å². The molecule has 0 aliphatic heterocycles. The fourth-order valence-electron chi connectivity index (χ4n) is 2.27. The number of rotatable bonds is 0. The molecule has 4 aromatic rings. The molecule has 0 unspecified atom stereocenters. The number of fused-ring (bicyclic) bond motifs is 5. The molecule has 0 aliphatic carbocycles. The van der Waals surface area contributed by atoms with Gasteiger partial charge in [-0.3, -0.25) is 0 Å². The molecule has 18 heavy (non-hydrogen) atoms. The molecule has 4 rings (SSSR count). The fourth-order valence-corrected chi connectivity index (χ4v) is 2.83.